The topological polar surface area (TPSA) is 92.5 Å². The Kier molecular flexibility index (Phi) is 4.00. The average Bonchev–Trinajstić information content (AvgIpc) is 3.05. The molecule has 0 fully saturated rings. The molecule has 0 spiro atoms. The Morgan fingerprint density at radius 3 is 2.24 bits per heavy atom. The maximum atomic E-state index is 6.07. The summed E-state index contributed by atoms with van der Waals surface area (Å²) >= 11 is 0. The zero-order valence-electron chi connectivity index (χ0n) is 13.6. The van der Waals surface area contributed by atoms with E-state index < -0.39 is 0 Å². The first-order valence-electron chi connectivity index (χ1n) is 8.12. The molecule has 0 atom stereocenters. The lowest BCUT2D eigenvalue weighted by atomic mass is 10.1. The molecule has 2 heterocycles. The number of nitrogen functional groups attached to an aromatic ring is 1. The maximum absolute atomic E-state index is 6.07. The smallest absolute Gasteiger partial charge is 0.227 e. The van der Waals surface area contributed by atoms with Crippen LogP contribution in [-0.2, 0) is 13.0 Å². The van der Waals surface area contributed by atoms with Crippen molar-refractivity contribution in [2.45, 2.75) is 13.0 Å². The van der Waals surface area contributed by atoms with E-state index in [1.54, 1.807) is 0 Å². The van der Waals surface area contributed by atoms with Gasteiger partial charge >= 0.3 is 0 Å². The molecule has 25 heavy (non-hydrogen) atoms. The van der Waals surface area contributed by atoms with Crippen LogP contribution in [0, 0.1) is 0 Å². The number of nitrogens with two attached hydrogens (primary N) is 1. The lowest BCUT2D eigenvalue weighted by Gasteiger charge is -2.05. The molecule has 0 aliphatic heterocycles. The third-order valence-corrected chi connectivity index (χ3v) is 3.94. The van der Waals surface area contributed by atoms with Crippen LogP contribution in [0.25, 0.3) is 11.2 Å². The normalized spacial score (nSPS) is 10.9. The van der Waals surface area contributed by atoms with Gasteiger partial charge in [0.25, 0.3) is 0 Å². The molecule has 6 heteroatoms. The van der Waals surface area contributed by atoms with Crippen molar-refractivity contribution in [3.63, 3.8) is 0 Å². The van der Waals surface area contributed by atoms with Crippen LogP contribution in [0.1, 0.15) is 17.0 Å². The predicted octanol–water partition coefficient (Wildman–Crippen LogP) is 3.14. The molecule has 0 saturated heterocycles. The van der Waals surface area contributed by atoms with Gasteiger partial charge in [-0.25, -0.2) is 4.98 Å². The summed E-state index contributed by atoms with van der Waals surface area (Å²) in [5.41, 5.74) is 9.65. The first kappa shape index (κ1) is 15.1. The Hall–Kier alpha value is -3.41. The standard InChI is InChI=1S/C19H18N6/c20-17-16-18(23-15(22-16)11-13-7-3-1-4-8-13)25-19(24-17)21-12-14-9-5-2-6-10-14/h1-10H,11-12H2,(H4,20,21,22,23,24,25). The predicted molar refractivity (Wildman–Crippen MR) is 99.1 cm³/mol. The second-order valence-corrected chi connectivity index (χ2v) is 5.82. The quantitative estimate of drug-likeness (QED) is 0.523. The van der Waals surface area contributed by atoms with Crippen molar-refractivity contribution in [1.29, 1.82) is 0 Å². The third-order valence-electron chi connectivity index (χ3n) is 3.94. The van der Waals surface area contributed by atoms with Gasteiger partial charge in [0, 0.05) is 13.0 Å². The molecule has 0 aliphatic rings. The van der Waals surface area contributed by atoms with Gasteiger partial charge < -0.3 is 16.0 Å². The first-order chi connectivity index (χ1) is 12.3. The van der Waals surface area contributed by atoms with E-state index in [0.29, 0.717) is 35.9 Å². The van der Waals surface area contributed by atoms with Crippen molar-refractivity contribution >= 4 is 22.9 Å². The van der Waals surface area contributed by atoms with Gasteiger partial charge in [-0.05, 0) is 11.1 Å². The molecule has 4 N–H and O–H groups in total. The number of hydrogen-bond donors (Lipinski definition) is 3. The Morgan fingerprint density at radius 2 is 1.52 bits per heavy atom. The molecule has 0 radical (unpaired) electrons. The summed E-state index contributed by atoms with van der Waals surface area (Å²) in [6.45, 7) is 0.632. The molecule has 2 aromatic heterocycles. The highest BCUT2D eigenvalue weighted by Crippen LogP contribution is 2.19. The Balaban J connectivity index is 1.56. The van der Waals surface area contributed by atoms with E-state index in [1.807, 2.05) is 48.5 Å². The van der Waals surface area contributed by atoms with Crippen LogP contribution in [0.15, 0.2) is 60.7 Å². The van der Waals surface area contributed by atoms with Crippen molar-refractivity contribution in [1.82, 2.24) is 19.9 Å². The number of benzene rings is 2. The SMILES string of the molecule is Nc1nc(NCc2ccccc2)nc2nc(Cc3ccccc3)[nH]c12. The van der Waals surface area contributed by atoms with Gasteiger partial charge in [0.2, 0.25) is 5.95 Å². The number of H-pyrrole nitrogens is 1. The molecule has 4 aromatic rings. The molecule has 0 aliphatic carbocycles. The number of hydrogen-bond acceptors (Lipinski definition) is 5. The molecule has 0 unspecified atom stereocenters. The van der Waals surface area contributed by atoms with Crippen LogP contribution < -0.4 is 11.1 Å². The largest absolute Gasteiger partial charge is 0.382 e. The summed E-state index contributed by atoms with van der Waals surface area (Å²) in [5, 5.41) is 3.20. The summed E-state index contributed by atoms with van der Waals surface area (Å²) in [4.78, 5) is 16.6. The molecule has 2 aromatic carbocycles. The Morgan fingerprint density at radius 1 is 0.840 bits per heavy atom. The first-order valence-corrected chi connectivity index (χ1v) is 8.12. The maximum Gasteiger partial charge on any atom is 0.227 e. The number of aromatic amines is 1. The minimum Gasteiger partial charge on any atom is -0.382 e. The second kappa shape index (κ2) is 6.60. The number of nitrogens with zero attached hydrogens (tertiary/aromatic N) is 3. The fourth-order valence-corrected chi connectivity index (χ4v) is 2.70. The summed E-state index contributed by atoms with van der Waals surface area (Å²) in [5.74, 6) is 1.70. The van der Waals surface area contributed by atoms with E-state index in [4.69, 9.17) is 5.73 Å². The number of anilines is 2. The summed E-state index contributed by atoms with van der Waals surface area (Å²) < 4.78 is 0. The monoisotopic (exact) mass is 330 g/mol. The summed E-state index contributed by atoms with van der Waals surface area (Å²) in [7, 11) is 0. The van der Waals surface area contributed by atoms with Crippen molar-refractivity contribution in [2.24, 2.45) is 0 Å². The van der Waals surface area contributed by atoms with Gasteiger partial charge in [0.1, 0.15) is 11.3 Å². The molecule has 6 nitrogen and oxygen atoms in total. The summed E-state index contributed by atoms with van der Waals surface area (Å²) in [6, 6.07) is 20.2. The minimum atomic E-state index is 0.396. The number of nitrogens with one attached hydrogen (secondary N) is 2. The van der Waals surface area contributed by atoms with E-state index in [1.165, 1.54) is 5.56 Å². The molecular formula is C19H18N6. The number of fused-ring (bicyclic) bond motifs is 1. The van der Waals surface area contributed by atoms with E-state index in [-0.39, 0.29) is 0 Å². The molecule has 4 rings (SSSR count). The van der Waals surface area contributed by atoms with Crippen LogP contribution in [0.2, 0.25) is 0 Å². The molecule has 124 valence electrons. The number of aromatic nitrogens is 4. The zero-order valence-corrected chi connectivity index (χ0v) is 13.6. The number of imidazole rings is 1. The van der Waals surface area contributed by atoms with Crippen molar-refractivity contribution in [2.75, 3.05) is 11.1 Å². The zero-order chi connectivity index (χ0) is 17.1. The fraction of sp³-hybridized carbons (Fsp3) is 0.105. The molecule has 0 bridgehead atoms. The van der Waals surface area contributed by atoms with Gasteiger partial charge in [-0.15, -0.1) is 0 Å². The van der Waals surface area contributed by atoms with Crippen molar-refractivity contribution < 1.29 is 0 Å². The van der Waals surface area contributed by atoms with Gasteiger partial charge in [0.15, 0.2) is 11.5 Å². The van der Waals surface area contributed by atoms with E-state index in [2.05, 4.69) is 37.4 Å². The van der Waals surface area contributed by atoms with Gasteiger partial charge in [0.05, 0.1) is 0 Å². The van der Waals surface area contributed by atoms with E-state index in [9.17, 15) is 0 Å². The average molecular weight is 330 g/mol. The highest BCUT2D eigenvalue weighted by atomic mass is 15.2. The van der Waals surface area contributed by atoms with Crippen molar-refractivity contribution in [3.8, 4) is 0 Å². The number of rotatable bonds is 5. The van der Waals surface area contributed by atoms with Crippen LogP contribution in [0.5, 0.6) is 0 Å². The molecular weight excluding hydrogens is 312 g/mol. The van der Waals surface area contributed by atoms with E-state index >= 15 is 0 Å². The van der Waals surface area contributed by atoms with Gasteiger partial charge in [-0.2, -0.15) is 9.97 Å². The van der Waals surface area contributed by atoms with Gasteiger partial charge in [-0.1, -0.05) is 60.7 Å². The highest BCUT2D eigenvalue weighted by Gasteiger charge is 2.11. The lowest BCUT2D eigenvalue weighted by Crippen LogP contribution is -2.05. The molecule has 0 amide bonds. The minimum absolute atomic E-state index is 0.396. The highest BCUT2D eigenvalue weighted by molar-refractivity contribution is 5.82. The molecule has 0 saturated carbocycles. The van der Waals surface area contributed by atoms with Crippen molar-refractivity contribution in [3.05, 3.63) is 77.6 Å². The Bertz CT molecular complexity index is 979. The van der Waals surface area contributed by atoms with Crippen LogP contribution in [-0.4, -0.2) is 19.9 Å². The third kappa shape index (κ3) is 3.42. The summed E-state index contributed by atoms with van der Waals surface area (Å²) in [6.07, 6.45) is 0.698. The fourth-order valence-electron chi connectivity index (χ4n) is 2.70. The van der Waals surface area contributed by atoms with Crippen LogP contribution >= 0.6 is 0 Å². The second-order valence-electron chi connectivity index (χ2n) is 5.82. The van der Waals surface area contributed by atoms with Gasteiger partial charge in [-0.3, -0.25) is 0 Å². The van der Waals surface area contributed by atoms with Crippen LogP contribution in [0.4, 0.5) is 11.8 Å². The van der Waals surface area contributed by atoms with Crippen LogP contribution in [0.3, 0.4) is 0 Å². The lowest BCUT2D eigenvalue weighted by molar-refractivity contribution is 1.03. The Labute approximate surface area is 145 Å². The van der Waals surface area contributed by atoms with E-state index in [0.717, 1.165) is 11.4 Å².